The number of carboxylic acids is 1. The lowest BCUT2D eigenvalue weighted by atomic mass is 10.0. The first-order chi connectivity index (χ1) is 12.4. The van der Waals surface area contributed by atoms with Gasteiger partial charge in [0.05, 0.1) is 0 Å². The summed E-state index contributed by atoms with van der Waals surface area (Å²) >= 11 is 0. The molecule has 2 rings (SSSR count). The first kappa shape index (κ1) is 19.8. The van der Waals surface area contributed by atoms with E-state index in [1.54, 1.807) is 0 Å². The molecule has 26 heavy (non-hydrogen) atoms. The lowest BCUT2D eigenvalue weighted by Gasteiger charge is -2.28. The average molecular weight is 362 g/mol. The number of carbonyl (C=O) groups excluding carboxylic acids is 2. The van der Waals surface area contributed by atoms with Crippen LogP contribution in [0.1, 0.15) is 38.7 Å². The first-order valence-corrected chi connectivity index (χ1v) is 8.89. The summed E-state index contributed by atoms with van der Waals surface area (Å²) in [7, 11) is 0. The molecule has 0 aromatic heterocycles. The highest BCUT2D eigenvalue weighted by Gasteiger charge is 2.37. The van der Waals surface area contributed by atoms with Crippen molar-refractivity contribution < 1.29 is 24.2 Å². The number of carboxylic acid groups (broad SMARTS) is 1. The molecular formula is C19H26N2O5. The number of hydrogen-bond donors (Lipinski definition) is 2. The van der Waals surface area contributed by atoms with Crippen LogP contribution in [0.15, 0.2) is 30.3 Å². The summed E-state index contributed by atoms with van der Waals surface area (Å²) in [6.07, 6.45) is 0.824. The molecule has 1 fully saturated rings. The van der Waals surface area contributed by atoms with Gasteiger partial charge in [0, 0.05) is 6.54 Å². The Morgan fingerprint density at radius 3 is 2.58 bits per heavy atom. The van der Waals surface area contributed by atoms with Crippen LogP contribution in [0.25, 0.3) is 0 Å². The largest absolute Gasteiger partial charge is 0.480 e. The van der Waals surface area contributed by atoms with Crippen molar-refractivity contribution >= 4 is 18.0 Å². The Hall–Kier alpha value is -2.57. The van der Waals surface area contributed by atoms with Crippen molar-refractivity contribution in [3.05, 3.63) is 35.9 Å². The molecule has 0 aliphatic carbocycles. The number of amides is 2. The van der Waals surface area contributed by atoms with Crippen LogP contribution in [0.2, 0.25) is 0 Å². The fraction of sp³-hybridized carbons (Fsp3) is 0.526. The molecule has 1 aromatic rings. The topological polar surface area (TPSA) is 95.9 Å². The third-order valence-corrected chi connectivity index (χ3v) is 4.33. The summed E-state index contributed by atoms with van der Waals surface area (Å²) in [5.41, 5.74) is 0.847. The molecule has 0 bridgehead atoms. The number of nitrogens with one attached hydrogen (secondary N) is 1. The molecule has 1 aliphatic heterocycles. The maximum absolute atomic E-state index is 12.8. The third-order valence-electron chi connectivity index (χ3n) is 4.33. The molecule has 1 heterocycles. The maximum atomic E-state index is 12.8. The quantitative estimate of drug-likeness (QED) is 0.776. The van der Waals surface area contributed by atoms with E-state index in [0.717, 1.165) is 5.56 Å². The van der Waals surface area contributed by atoms with Gasteiger partial charge in [0.25, 0.3) is 0 Å². The average Bonchev–Trinajstić information content (AvgIpc) is 3.09. The molecule has 2 atom stereocenters. The van der Waals surface area contributed by atoms with Crippen LogP contribution in [-0.4, -0.2) is 46.6 Å². The SMILES string of the molecule is CC(C)C[C@@H](NC(=O)OCc1ccccc1)C(=O)N1CCC[C@H]1C(=O)O. The van der Waals surface area contributed by atoms with Gasteiger partial charge in [-0.3, -0.25) is 4.79 Å². The van der Waals surface area contributed by atoms with E-state index < -0.39 is 24.1 Å². The van der Waals surface area contributed by atoms with Crippen LogP contribution in [0.3, 0.4) is 0 Å². The van der Waals surface area contributed by atoms with E-state index in [0.29, 0.717) is 25.8 Å². The number of alkyl carbamates (subject to hydrolysis) is 1. The molecule has 1 aliphatic rings. The van der Waals surface area contributed by atoms with Gasteiger partial charge in [0.2, 0.25) is 5.91 Å². The molecule has 142 valence electrons. The second kappa shape index (κ2) is 9.22. The number of nitrogens with zero attached hydrogens (tertiary/aromatic N) is 1. The molecule has 0 saturated carbocycles. The minimum atomic E-state index is -1.01. The predicted molar refractivity (Wildman–Crippen MR) is 95.4 cm³/mol. The highest BCUT2D eigenvalue weighted by Crippen LogP contribution is 2.20. The Labute approximate surface area is 153 Å². The maximum Gasteiger partial charge on any atom is 0.408 e. The molecule has 1 aromatic carbocycles. The fourth-order valence-electron chi connectivity index (χ4n) is 3.09. The van der Waals surface area contributed by atoms with Crippen molar-refractivity contribution in [2.75, 3.05) is 6.54 Å². The van der Waals surface area contributed by atoms with Crippen molar-refractivity contribution in [3.63, 3.8) is 0 Å². The molecule has 2 amide bonds. The molecule has 0 radical (unpaired) electrons. The van der Waals surface area contributed by atoms with Crippen molar-refractivity contribution in [3.8, 4) is 0 Å². The monoisotopic (exact) mass is 362 g/mol. The summed E-state index contributed by atoms with van der Waals surface area (Å²) in [4.78, 5) is 37.6. The molecule has 0 spiro atoms. The zero-order valence-corrected chi connectivity index (χ0v) is 15.2. The predicted octanol–water partition coefficient (Wildman–Crippen LogP) is 2.40. The fourth-order valence-corrected chi connectivity index (χ4v) is 3.09. The summed E-state index contributed by atoms with van der Waals surface area (Å²) < 4.78 is 5.19. The van der Waals surface area contributed by atoms with Crippen molar-refractivity contribution in [2.24, 2.45) is 5.92 Å². The van der Waals surface area contributed by atoms with Gasteiger partial charge in [-0.05, 0) is 30.7 Å². The van der Waals surface area contributed by atoms with E-state index in [1.807, 2.05) is 44.2 Å². The van der Waals surface area contributed by atoms with E-state index in [9.17, 15) is 19.5 Å². The zero-order chi connectivity index (χ0) is 19.1. The highest BCUT2D eigenvalue weighted by atomic mass is 16.5. The van der Waals surface area contributed by atoms with Gasteiger partial charge < -0.3 is 20.1 Å². The van der Waals surface area contributed by atoms with Gasteiger partial charge in [-0.15, -0.1) is 0 Å². The lowest BCUT2D eigenvalue weighted by Crippen LogP contribution is -2.52. The molecule has 7 heteroatoms. The van der Waals surface area contributed by atoms with Crippen molar-refractivity contribution in [1.29, 1.82) is 0 Å². The summed E-state index contributed by atoms with van der Waals surface area (Å²) in [5.74, 6) is -1.21. The number of aliphatic carboxylic acids is 1. The van der Waals surface area contributed by atoms with Crippen LogP contribution in [0.5, 0.6) is 0 Å². The smallest absolute Gasteiger partial charge is 0.408 e. The molecular weight excluding hydrogens is 336 g/mol. The first-order valence-electron chi connectivity index (χ1n) is 8.89. The Morgan fingerprint density at radius 1 is 1.27 bits per heavy atom. The van der Waals surface area contributed by atoms with Gasteiger partial charge in [0.15, 0.2) is 0 Å². The minimum absolute atomic E-state index is 0.108. The van der Waals surface area contributed by atoms with E-state index in [2.05, 4.69) is 5.32 Å². The summed E-state index contributed by atoms with van der Waals surface area (Å²) in [5, 5.41) is 11.9. The van der Waals surface area contributed by atoms with Crippen molar-refractivity contribution in [2.45, 2.75) is 51.8 Å². The van der Waals surface area contributed by atoms with E-state index in [4.69, 9.17) is 4.74 Å². The van der Waals surface area contributed by atoms with Gasteiger partial charge in [-0.2, -0.15) is 0 Å². The number of likely N-dealkylation sites (tertiary alicyclic amines) is 1. The highest BCUT2D eigenvalue weighted by molar-refractivity contribution is 5.89. The molecule has 0 unspecified atom stereocenters. The summed E-state index contributed by atoms with van der Waals surface area (Å²) in [6.45, 7) is 4.38. The minimum Gasteiger partial charge on any atom is -0.480 e. The number of carbonyl (C=O) groups is 3. The molecule has 7 nitrogen and oxygen atoms in total. The van der Waals surface area contributed by atoms with E-state index in [-0.39, 0.29) is 18.4 Å². The van der Waals surface area contributed by atoms with Gasteiger partial charge in [-0.1, -0.05) is 44.2 Å². The second-order valence-corrected chi connectivity index (χ2v) is 6.92. The normalized spacial score (nSPS) is 17.8. The van der Waals surface area contributed by atoms with Crippen LogP contribution in [0, 0.1) is 5.92 Å². The van der Waals surface area contributed by atoms with Crippen LogP contribution in [0.4, 0.5) is 4.79 Å². The number of ether oxygens (including phenoxy) is 1. The third kappa shape index (κ3) is 5.47. The Balaban J connectivity index is 1.98. The van der Waals surface area contributed by atoms with E-state index in [1.165, 1.54) is 4.90 Å². The lowest BCUT2D eigenvalue weighted by molar-refractivity contribution is -0.149. The van der Waals surface area contributed by atoms with Crippen LogP contribution < -0.4 is 5.32 Å². The Bertz CT molecular complexity index is 632. The van der Waals surface area contributed by atoms with E-state index >= 15 is 0 Å². The standard InChI is InChI=1S/C19H26N2O5/c1-13(2)11-15(17(22)21-10-6-9-16(21)18(23)24)20-19(25)26-12-14-7-4-3-5-8-14/h3-5,7-8,13,15-16H,6,9-12H2,1-2H3,(H,20,25)(H,23,24)/t15-,16+/m1/s1. The second-order valence-electron chi connectivity index (χ2n) is 6.92. The number of hydrogen-bond acceptors (Lipinski definition) is 4. The summed E-state index contributed by atoms with van der Waals surface area (Å²) in [6, 6.07) is 7.63. The van der Waals surface area contributed by atoms with Gasteiger partial charge >= 0.3 is 12.1 Å². The van der Waals surface area contributed by atoms with Gasteiger partial charge in [-0.25, -0.2) is 9.59 Å². The molecule has 2 N–H and O–H groups in total. The van der Waals surface area contributed by atoms with Crippen LogP contribution >= 0.6 is 0 Å². The van der Waals surface area contributed by atoms with Crippen LogP contribution in [-0.2, 0) is 20.9 Å². The number of rotatable bonds is 7. The Morgan fingerprint density at radius 2 is 1.96 bits per heavy atom. The Kier molecular flexibility index (Phi) is 7.00. The van der Waals surface area contributed by atoms with Gasteiger partial charge in [0.1, 0.15) is 18.7 Å². The molecule has 1 saturated heterocycles. The zero-order valence-electron chi connectivity index (χ0n) is 15.2. The van der Waals surface area contributed by atoms with Crippen molar-refractivity contribution in [1.82, 2.24) is 10.2 Å². The number of benzene rings is 1.